The summed E-state index contributed by atoms with van der Waals surface area (Å²) in [5.41, 5.74) is 0. The molecule has 5 heteroatoms. The molecule has 0 fully saturated rings. The predicted molar refractivity (Wildman–Crippen MR) is 50.7 cm³/mol. The van der Waals surface area contributed by atoms with Gasteiger partial charge in [0, 0.05) is 20.2 Å². The molecule has 3 nitrogen and oxygen atoms in total. The smallest absolute Gasteiger partial charge is 0.113 e. The number of hydrogen-bond acceptors (Lipinski definition) is 4. The van der Waals surface area contributed by atoms with Crippen molar-refractivity contribution in [3.8, 4) is 0 Å². The standard InChI is InChI=1S/C7H11ClN2OS/c1-11-3-2-9-5-7-10-4-6(8)12-7/h4,9H,2-3,5H2,1H3. The Bertz CT molecular complexity index is 229. The van der Waals surface area contributed by atoms with Crippen LogP contribution >= 0.6 is 22.9 Å². The molecule has 1 aromatic rings. The lowest BCUT2D eigenvalue weighted by molar-refractivity contribution is 0.199. The number of hydrogen-bond donors (Lipinski definition) is 1. The summed E-state index contributed by atoms with van der Waals surface area (Å²) < 4.78 is 5.61. The average Bonchev–Trinajstić information content (AvgIpc) is 2.45. The molecule has 0 aliphatic rings. The minimum absolute atomic E-state index is 0.721. The molecular weight excluding hydrogens is 196 g/mol. The molecule has 0 saturated heterocycles. The number of aromatic nitrogens is 1. The Labute approximate surface area is 80.7 Å². The quantitative estimate of drug-likeness (QED) is 0.743. The first kappa shape index (κ1) is 9.92. The lowest BCUT2D eigenvalue weighted by Crippen LogP contribution is -2.18. The Balaban J connectivity index is 2.15. The highest BCUT2D eigenvalue weighted by molar-refractivity contribution is 7.15. The monoisotopic (exact) mass is 206 g/mol. The molecule has 12 heavy (non-hydrogen) atoms. The topological polar surface area (TPSA) is 34.1 Å². The molecule has 0 spiro atoms. The van der Waals surface area contributed by atoms with Gasteiger partial charge in [0.15, 0.2) is 0 Å². The minimum Gasteiger partial charge on any atom is -0.383 e. The van der Waals surface area contributed by atoms with Gasteiger partial charge >= 0.3 is 0 Å². The van der Waals surface area contributed by atoms with Crippen LogP contribution in [0.15, 0.2) is 6.20 Å². The van der Waals surface area contributed by atoms with Crippen LogP contribution in [0.1, 0.15) is 5.01 Å². The van der Waals surface area contributed by atoms with Crippen LogP contribution in [0, 0.1) is 0 Å². The summed E-state index contributed by atoms with van der Waals surface area (Å²) in [5.74, 6) is 0. The molecule has 0 aliphatic carbocycles. The molecular formula is C7H11ClN2OS. The Kier molecular flexibility index (Phi) is 4.53. The summed E-state index contributed by atoms with van der Waals surface area (Å²) in [4.78, 5) is 4.10. The molecule has 0 amide bonds. The molecule has 1 N–H and O–H groups in total. The first-order valence-electron chi connectivity index (χ1n) is 3.63. The number of nitrogens with one attached hydrogen (secondary N) is 1. The third-order valence-corrected chi connectivity index (χ3v) is 2.40. The molecule has 0 radical (unpaired) electrons. The van der Waals surface area contributed by atoms with Crippen LogP contribution in [0.3, 0.4) is 0 Å². The second-order valence-corrected chi connectivity index (χ2v) is 3.97. The van der Waals surface area contributed by atoms with E-state index in [4.69, 9.17) is 16.3 Å². The second kappa shape index (κ2) is 5.48. The molecule has 0 saturated carbocycles. The fraction of sp³-hybridized carbons (Fsp3) is 0.571. The lowest BCUT2D eigenvalue weighted by Gasteiger charge is -1.99. The third-order valence-electron chi connectivity index (χ3n) is 1.28. The Hall–Kier alpha value is -0.160. The number of halogens is 1. The molecule has 0 bridgehead atoms. The van der Waals surface area contributed by atoms with E-state index >= 15 is 0 Å². The fourth-order valence-electron chi connectivity index (χ4n) is 0.739. The molecule has 68 valence electrons. The fourth-order valence-corrected chi connectivity index (χ4v) is 1.67. The van der Waals surface area contributed by atoms with Crippen LogP contribution in [0.2, 0.25) is 4.34 Å². The highest BCUT2D eigenvalue weighted by Gasteiger charge is 1.97. The highest BCUT2D eigenvalue weighted by Crippen LogP contribution is 2.17. The number of rotatable bonds is 5. The van der Waals surface area contributed by atoms with Gasteiger partial charge in [-0.1, -0.05) is 11.6 Å². The van der Waals surface area contributed by atoms with E-state index in [0.29, 0.717) is 0 Å². The van der Waals surface area contributed by atoms with Crippen molar-refractivity contribution in [2.45, 2.75) is 6.54 Å². The van der Waals surface area contributed by atoms with Crippen molar-refractivity contribution in [1.82, 2.24) is 10.3 Å². The van der Waals surface area contributed by atoms with Crippen molar-refractivity contribution >= 4 is 22.9 Å². The van der Waals surface area contributed by atoms with Crippen molar-refractivity contribution in [2.24, 2.45) is 0 Å². The van der Waals surface area contributed by atoms with E-state index in [2.05, 4.69) is 10.3 Å². The van der Waals surface area contributed by atoms with Gasteiger partial charge in [-0.3, -0.25) is 0 Å². The summed E-state index contributed by atoms with van der Waals surface area (Å²) in [7, 11) is 1.68. The normalized spacial score (nSPS) is 10.5. The van der Waals surface area contributed by atoms with Gasteiger partial charge in [-0.25, -0.2) is 4.98 Å². The summed E-state index contributed by atoms with van der Waals surface area (Å²) in [6.07, 6.45) is 1.67. The van der Waals surface area contributed by atoms with Gasteiger partial charge in [-0.05, 0) is 0 Å². The predicted octanol–water partition coefficient (Wildman–Crippen LogP) is 1.53. The van der Waals surface area contributed by atoms with Crippen LogP contribution < -0.4 is 5.32 Å². The van der Waals surface area contributed by atoms with E-state index < -0.39 is 0 Å². The highest BCUT2D eigenvalue weighted by atomic mass is 35.5. The Morgan fingerprint density at radius 3 is 3.17 bits per heavy atom. The van der Waals surface area contributed by atoms with Gasteiger partial charge in [0.05, 0.1) is 12.8 Å². The maximum atomic E-state index is 5.70. The van der Waals surface area contributed by atoms with Crippen LogP contribution in [0.4, 0.5) is 0 Å². The number of thiazole rings is 1. The molecule has 0 aliphatic heterocycles. The van der Waals surface area contributed by atoms with Gasteiger partial charge in [0.2, 0.25) is 0 Å². The van der Waals surface area contributed by atoms with E-state index in [0.717, 1.165) is 29.0 Å². The number of methoxy groups -OCH3 is 1. The lowest BCUT2D eigenvalue weighted by atomic mass is 10.6. The molecule has 0 unspecified atom stereocenters. The maximum absolute atomic E-state index is 5.70. The summed E-state index contributed by atoms with van der Waals surface area (Å²) in [5, 5.41) is 4.19. The molecule has 1 heterocycles. The minimum atomic E-state index is 0.721. The van der Waals surface area contributed by atoms with E-state index in [1.165, 1.54) is 11.3 Å². The zero-order chi connectivity index (χ0) is 8.81. The van der Waals surface area contributed by atoms with Crippen molar-refractivity contribution < 1.29 is 4.74 Å². The SMILES string of the molecule is COCCNCc1ncc(Cl)s1. The van der Waals surface area contributed by atoms with Gasteiger partial charge in [-0.15, -0.1) is 11.3 Å². The largest absolute Gasteiger partial charge is 0.383 e. The zero-order valence-electron chi connectivity index (χ0n) is 6.84. The van der Waals surface area contributed by atoms with Gasteiger partial charge in [0.25, 0.3) is 0 Å². The van der Waals surface area contributed by atoms with Gasteiger partial charge in [-0.2, -0.15) is 0 Å². The van der Waals surface area contributed by atoms with Crippen LogP contribution in [0.5, 0.6) is 0 Å². The van der Waals surface area contributed by atoms with E-state index in [-0.39, 0.29) is 0 Å². The van der Waals surface area contributed by atoms with Gasteiger partial charge < -0.3 is 10.1 Å². The van der Waals surface area contributed by atoms with Crippen LogP contribution in [-0.2, 0) is 11.3 Å². The van der Waals surface area contributed by atoms with E-state index in [1.54, 1.807) is 13.3 Å². The van der Waals surface area contributed by atoms with E-state index in [9.17, 15) is 0 Å². The molecule has 1 aromatic heterocycles. The first-order chi connectivity index (χ1) is 5.83. The third kappa shape index (κ3) is 3.49. The maximum Gasteiger partial charge on any atom is 0.113 e. The molecule has 1 rings (SSSR count). The second-order valence-electron chi connectivity index (χ2n) is 2.23. The molecule has 0 atom stereocenters. The zero-order valence-corrected chi connectivity index (χ0v) is 8.41. The number of nitrogens with zero attached hydrogens (tertiary/aromatic N) is 1. The van der Waals surface area contributed by atoms with Crippen molar-refractivity contribution in [1.29, 1.82) is 0 Å². The van der Waals surface area contributed by atoms with Gasteiger partial charge in [0.1, 0.15) is 9.34 Å². The summed E-state index contributed by atoms with van der Waals surface area (Å²) in [6, 6.07) is 0. The van der Waals surface area contributed by atoms with Crippen molar-refractivity contribution in [3.05, 3.63) is 15.5 Å². The number of ether oxygens (including phenoxy) is 1. The van der Waals surface area contributed by atoms with E-state index in [1.807, 2.05) is 0 Å². The van der Waals surface area contributed by atoms with Crippen LogP contribution in [-0.4, -0.2) is 25.2 Å². The van der Waals surface area contributed by atoms with Crippen molar-refractivity contribution in [3.63, 3.8) is 0 Å². The Morgan fingerprint density at radius 2 is 2.58 bits per heavy atom. The summed E-state index contributed by atoms with van der Waals surface area (Å²) >= 11 is 7.20. The van der Waals surface area contributed by atoms with Crippen LogP contribution in [0.25, 0.3) is 0 Å². The first-order valence-corrected chi connectivity index (χ1v) is 4.82. The summed E-state index contributed by atoms with van der Waals surface area (Å²) in [6.45, 7) is 2.33. The van der Waals surface area contributed by atoms with Crippen molar-refractivity contribution in [2.75, 3.05) is 20.3 Å². The molecule has 0 aromatic carbocycles. The Morgan fingerprint density at radius 1 is 1.75 bits per heavy atom. The average molecular weight is 207 g/mol.